The Morgan fingerprint density at radius 1 is 1.27 bits per heavy atom. The number of carbonyl (C=O) groups excluding carboxylic acids is 1. The Bertz CT molecular complexity index is 1030. The number of benzene rings is 1. The molecule has 158 valence electrons. The number of aromatic nitrogens is 3. The summed E-state index contributed by atoms with van der Waals surface area (Å²) < 4.78 is 9.92. The molecule has 30 heavy (non-hydrogen) atoms. The lowest BCUT2D eigenvalue weighted by Crippen LogP contribution is -2.40. The first-order valence-corrected chi connectivity index (χ1v) is 11.6. The van der Waals surface area contributed by atoms with E-state index in [1.165, 1.54) is 5.56 Å². The number of rotatable bonds is 7. The topological polar surface area (TPSA) is 52.3 Å². The van der Waals surface area contributed by atoms with E-state index < -0.39 is 0 Å². The minimum Gasteiger partial charge on any atom is -0.466 e. The zero-order valence-electron chi connectivity index (χ0n) is 17.1. The van der Waals surface area contributed by atoms with E-state index in [2.05, 4.69) is 33.0 Å². The van der Waals surface area contributed by atoms with E-state index >= 15 is 0 Å². The Balaban J connectivity index is 1.58. The number of hydrogen-bond donors (Lipinski definition) is 0. The van der Waals surface area contributed by atoms with Crippen LogP contribution in [0.3, 0.4) is 0 Å². The molecule has 1 aliphatic heterocycles. The fourth-order valence-corrected chi connectivity index (χ4v) is 4.82. The molecule has 0 amide bonds. The van der Waals surface area contributed by atoms with Gasteiger partial charge < -0.3 is 4.74 Å². The first-order chi connectivity index (χ1) is 14.7. The van der Waals surface area contributed by atoms with Gasteiger partial charge in [-0.15, -0.1) is 16.4 Å². The predicted octanol–water partition coefficient (Wildman–Crippen LogP) is 4.42. The van der Waals surface area contributed by atoms with Crippen LogP contribution in [0.2, 0.25) is 0 Å². The van der Waals surface area contributed by atoms with E-state index in [4.69, 9.17) is 22.1 Å². The van der Waals surface area contributed by atoms with Gasteiger partial charge in [0.05, 0.1) is 30.6 Å². The van der Waals surface area contributed by atoms with Crippen LogP contribution in [-0.4, -0.2) is 44.9 Å². The summed E-state index contributed by atoms with van der Waals surface area (Å²) in [6.45, 7) is 5.14. The third-order valence-corrected chi connectivity index (χ3v) is 6.60. The maximum atomic E-state index is 12.2. The molecular formula is C22H26N4O2S2. The molecule has 1 fully saturated rings. The minimum atomic E-state index is -0.0975. The first-order valence-electron chi connectivity index (χ1n) is 10.3. The SMILES string of the molecule is CCOC(=O)C1CCCN(Cn2nc(-c3cccs3)n(Cc3ccccc3)c2=S)C1. The minimum absolute atomic E-state index is 0.0731. The molecule has 0 N–H and O–H groups in total. The number of ether oxygens (including phenoxy) is 1. The lowest BCUT2D eigenvalue weighted by molar-refractivity contribution is -0.150. The van der Waals surface area contributed by atoms with E-state index in [0.717, 1.165) is 30.1 Å². The molecule has 1 aromatic carbocycles. The van der Waals surface area contributed by atoms with Gasteiger partial charge in [0.1, 0.15) is 0 Å². The Labute approximate surface area is 185 Å². The second-order valence-electron chi connectivity index (χ2n) is 7.46. The molecule has 1 atom stereocenters. The maximum absolute atomic E-state index is 12.2. The highest BCUT2D eigenvalue weighted by Gasteiger charge is 2.27. The predicted molar refractivity (Wildman–Crippen MR) is 121 cm³/mol. The van der Waals surface area contributed by atoms with Gasteiger partial charge in [0.2, 0.25) is 0 Å². The molecule has 0 saturated carbocycles. The zero-order chi connectivity index (χ0) is 20.9. The van der Waals surface area contributed by atoms with Crippen molar-refractivity contribution in [2.45, 2.75) is 33.0 Å². The van der Waals surface area contributed by atoms with Crippen molar-refractivity contribution in [3.63, 3.8) is 0 Å². The summed E-state index contributed by atoms with van der Waals surface area (Å²) in [4.78, 5) is 15.5. The van der Waals surface area contributed by atoms with E-state index in [1.54, 1.807) is 11.3 Å². The van der Waals surface area contributed by atoms with Crippen LogP contribution in [0, 0.1) is 10.7 Å². The number of piperidine rings is 1. The summed E-state index contributed by atoms with van der Waals surface area (Å²) in [5.74, 6) is 0.716. The van der Waals surface area contributed by atoms with Crippen LogP contribution in [0.15, 0.2) is 47.8 Å². The zero-order valence-corrected chi connectivity index (χ0v) is 18.7. The molecule has 0 aliphatic carbocycles. The van der Waals surface area contributed by atoms with Crippen LogP contribution in [0.4, 0.5) is 0 Å². The highest BCUT2D eigenvalue weighted by Crippen LogP contribution is 2.25. The molecule has 3 aromatic rings. The van der Waals surface area contributed by atoms with Crippen molar-refractivity contribution in [2.24, 2.45) is 5.92 Å². The summed E-state index contributed by atoms with van der Waals surface area (Å²) in [6.07, 6.45) is 1.85. The van der Waals surface area contributed by atoms with Crippen molar-refractivity contribution in [3.8, 4) is 10.7 Å². The van der Waals surface area contributed by atoms with Crippen LogP contribution >= 0.6 is 23.6 Å². The molecule has 1 saturated heterocycles. The molecule has 0 radical (unpaired) electrons. The number of hydrogen-bond acceptors (Lipinski definition) is 6. The van der Waals surface area contributed by atoms with Crippen molar-refractivity contribution in [3.05, 3.63) is 58.2 Å². The molecular weight excluding hydrogens is 416 g/mol. The third kappa shape index (κ3) is 4.71. The highest BCUT2D eigenvalue weighted by molar-refractivity contribution is 7.71. The number of likely N-dealkylation sites (tertiary alicyclic amines) is 1. The molecule has 4 rings (SSSR count). The summed E-state index contributed by atoms with van der Waals surface area (Å²) in [7, 11) is 0. The lowest BCUT2D eigenvalue weighted by Gasteiger charge is -2.31. The number of thiophene rings is 1. The van der Waals surface area contributed by atoms with Gasteiger partial charge in [0, 0.05) is 6.54 Å². The fraction of sp³-hybridized carbons (Fsp3) is 0.409. The fourth-order valence-electron chi connectivity index (χ4n) is 3.86. The summed E-state index contributed by atoms with van der Waals surface area (Å²) >= 11 is 7.49. The van der Waals surface area contributed by atoms with E-state index in [0.29, 0.717) is 31.1 Å². The first kappa shape index (κ1) is 21.0. The second-order valence-corrected chi connectivity index (χ2v) is 8.78. The number of esters is 1. The van der Waals surface area contributed by atoms with Crippen LogP contribution in [0.5, 0.6) is 0 Å². The van der Waals surface area contributed by atoms with E-state index in [1.807, 2.05) is 35.9 Å². The van der Waals surface area contributed by atoms with Crippen LogP contribution in [0.25, 0.3) is 10.7 Å². The smallest absolute Gasteiger partial charge is 0.310 e. The second kappa shape index (κ2) is 9.68. The van der Waals surface area contributed by atoms with Crippen molar-refractivity contribution in [1.82, 2.24) is 19.2 Å². The lowest BCUT2D eigenvalue weighted by atomic mass is 9.99. The molecule has 8 heteroatoms. The van der Waals surface area contributed by atoms with E-state index in [9.17, 15) is 4.79 Å². The van der Waals surface area contributed by atoms with Gasteiger partial charge in [-0.05, 0) is 55.5 Å². The van der Waals surface area contributed by atoms with Crippen LogP contribution in [-0.2, 0) is 22.7 Å². The molecule has 0 spiro atoms. The van der Waals surface area contributed by atoms with Gasteiger partial charge in [-0.3, -0.25) is 14.3 Å². The van der Waals surface area contributed by atoms with Crippen molar-refractivity contribution >= 4 is 29.5 Å². The van der Waals surface area contributed by atoms with Crippen molar-refractivity contribution in [1.29, 1.82) is 0 Å². The Morgan fingerprint density at radius 3 is 2.83 bits per heavy atom. The van der Waals surface area contributed by atoms with Gasteiger partial charge in [0.15, 0.2) is 10.6 Å². The average Bonchev–Trinajstić information content (AvgIpc) is 3.39. The van der Waals surface area contributed by atoms with Gasteiger partial charge >= 0.3 is 5.97 Å². The Kier molecular flexibility index (Phi) is 6.76. The monoisotopic (exact) mass is 442 g/mol. The molecule has 1 unspecified atom stereocenters. The number of carbonyl (C=O) groups is 1. The molecule has 3 heterocycles. The van der Waals surface area contributed by atoms with Crippen molar-refractivity contribution < 1.29 is 9.53 Å². The number of nitrogens with zero attached hydrogens (tertiary/aromatic N) is 4. The summed E-state index contributed by atoms with van der Waals surface area (Å²) in [5, 5.41) is 6.93. The van der Waals surface area contributed by atoms with Crippen molar-refractivity contribution in [2.75, 3.05) is 19.7 Å². The molecule has 0 bridgehead atoms. The van der Waals surface area contributed by atoms with Gasteiger partial charge in [-0.2, -0.15) is 0 Å². The maximum Gasteiger partial charge on any atom is 0.310 e. The standard InChI is InChI=1S/C22H26N4O2S2/c1-2-28-21(27)18-10-6-12-24(15-18)16-26-22(29)25(14-17-8-4-3-5-9-17)20(23-26)19-11-7-13-30-19/h3-5,7-9,11,13,18H,2,6,10,12,14-16H2,1H3. The Morgan fingerprint density at radius 2 is 2.10 bits per heavy atom. The molecule has 6 nitrogen and oxygen atoms in total. The van der Waals surface area contributed by atoms with Gasteiger partial charge in [-0.1, -0.05) is 36.4 Å². The summed E-state index contributed by atoms with van der Waals surface area (Å²) in [6, 6.07) is 14.4. The Hall–Kier alpha value is -2.29. The van der Waals surface area contributed by atoms with Gasteiger partial charge in [0.25, 0.3) is 0 Å². The third-order valence-electron chi connectivity index (χ3n) is 5.31. The van der Waals surface area contributed by atoms with Gasteiger partial charge in [-0.25, -0.2) is 4.68 Å². The summed E-state index contributed by atoms with van der Waals surface area (Å²) in [5.41, 5.74) is 1.19. The molecule has 2 aromatic heterocycles. The molecule has 1 aliphatic rings. The average molecular weight is 443 g/mol. The largest absolute Gasteiger partial charge is 0.466 e. The highest BCUT2D eigenvalue weighted by atomic mass is 32.1. The normalized spacial score (nSPS) is 17.2. The quantitative estimate of drug-likeness (QED) is 0.400. The van der Waals surface area contributed by atoms with Crippen LogP contribution < -0.4 is 0 Å². The van der Waals surface area contributed by atoms with Crippen LogP contribution in [0.1, 0.15) is 25.3 Å². The van der Waals surface area contributed by atoms with E-state index in [-0.39, 0.29) is 11.9 Å².